The Balaban J connectivity index is 1.96. The van der Waals surface area contributed by atoms with E-state index in [1.54, 1.807) is 12.1 Å². The van der Waals surface area contributed by atoms with E-state index in [1.807, 2.05) is 43.0 Å². The normalized spacial score (nSPS) is 11.1. The van der Waals surface area contributed by atoms with E-state index in [2.05, 4.69) is 5.32 Å². The monoisotopic (exact) mass is 330 g/mol. The first-order valence-electron chi connectivity index (χ1n) is 7.96. The molecule has 2 rings (SSSR count). The molecule has 0 atom stereocenters. The first-order chi connectivity index (χ1) is 11.5. The van der Waals surface area contributed by atoms with Crippen molar-refractivity contribution in [3.8, 4) is 0 Å². The van der Waals surface area contributed by atoms with Gasteiger partial charge in [0.25, 0.3) is 0 Å². The Bertz CT molecular complexity index is 654. The molecule has 0 bridgehead atoms. The standard InChI is InChI=1S/C19H23FN2O2/c1-14(2)22(11-15-3-5-16(13-23)6-4-15)12-19(24)21-18-9-7-17(20)8-10-18/h3-10,14,23H,11-13H2,1-2H3,(H,21,24). The van der Waals surface area contributed by atoms with Gasteiger partial charge in [0, 0.05) is 18.3 Å². The fourth-order valence-electron chi connectivity index (χ4n) is 2.32. The number of nitrogens with one attached hydrogen (secondary N) is 1. The maximum absolute atomic E-state index is 12.9. The molecule has 0 aliphatic rings. The lowest BCUT2D eigenvalue weighted by Crippen LogP contribution is -2.37. The number of carbonyl (C=O) groups excluding carboxylic acids is 1. The lowest BCUT2D eigenvalue weighted by molar-refractivity contribution is -0.117. The molecule has 128 valence electrons. The largest absolute Gasteiger partial charge is 0.392 e. The summed E-state index contributed by atoms with van der Waals surface area (Å²) in [7, 11) is 0. The summed E-state index contributed by atoms with van der Waals surface area (Å²) in [5, 5.41) is 11.9. The summed E-state index contributed by atoms with van der Waals surface area (Å²) in [4.78, 5) is 14.3. The smallest absolute Gasteiger partial charge is 0.238 e. The average molecular weight is 330 g/mol. The van der Waals surface area contributed by atoms with E-state index in [1.165, 1.54) is 12.1 Å². The van der Waals surface area contributed by atoms with Gasteiger partial charge in [-0.2, -0.15) is 0 Å². The highest BCUT2D eigenvalue weighted by Gasteiger charge is 2.15. The third-order valence-corrected chi connectivity index (χ3v) is 3.80. The van der Waals surface area contributed by atoms with E-state index >= 15 is 0 Å². The number of aliphatic hydroxyl groups excluding tert-OH is 1. The van der Waals surface area contributed by atoms with Crippen molar-refractivity contribution in [1.82, 2.24) is 4.90 Å². The van der Waals surface area contributed by atoms with Crippen molar-refractivity contribution >= 4 is 11.6 Å². The van der Waals surface area contributed by atoms with Crippen LogP contribution < -0.4 is 5.32 Å². The fraction of sp³-hybridized carbons (Fsp3) is 0.316. The van der Waals surface area contributed by atoms with Gasteiger partial charge in [0.2, 0.25) is 5.91 Å². The molecule has 2 N–H and O–H groups in total. The van der Waals surface area contributed by atoms with Crippen molar-refractivity contribution in [2.75, 3.05) is 11.9 Å². The number of nitrogens with zero attached hydrogens (tertiary/aromatic N) is 1. The average Bonchev–Trinajstić information content (AvgIpc) is 2.57. The van der Waals surface area contributed by atoms with Gasteiger partial charge >= 0.3 is 0 Å². The third kappa shape index (κ3) is 5.44. The molecule has 0 saturated heterocycles. The summed E-state index contributed by atoms with van der Waals surface area (Å²) in [5.74, 6) is -0.467. The highest BCUT2D eigenvalue weighted by molar-refractivity contribution is 5.92. The highest BCUT2D eigenvalue weighted by Crippen LogP contribution is 2.12. The Morgan fingerprint density at radius 2 is 1.67 bits per heavy atom. The molecule has 0 fully saturated rings. The van der Waals surface area contributed by atoms with Crippen LogP contribution in [0.1, 0.15) is 25.0 Å². The number of carbonyl (C=O) groups is 1. The van der Waals surface area contributed by atoms with Crippen LogP contribution in [0.15, 0.2) is 48.5 Å². The van der Waals surface area contributed by atoms with Gasteiger partial charge in [-0.05, 0) is 49.2 Å². The number of aliphatic hydroxyl groups is 1. The van der Waals surface area contributed by atoms with Gasteiger partial charge in [0.15, 0.2) is 0 Å². The van der Waals surface area contributed by atoms with E-state index in [4.69, 9.17) is 5.11 Å². The van der Waals surface area contributed by atoms with Gasteiger partial charge < -0.3 is 10.4 Å². The second-order valence-electron chi connectivity index (χ2n) is 6.03. The molecule has 4 nitrogen and oxygen atoms in total. The lowest BCUT2D eigenvalue weighted by Gasteiger charge is -2.26. The molecule has 0 aromatic heterocycles. The maximum atomic E-state index is 12.9. The predicted molar refractivity (Wildman–Crippen MR) is 92.9 cm³/mol. The van der Waals surface area contributed by atoms with Crippen LogP contribution in [-0.4, -0.2) is 28.5 Å². The van der Waals surface area contributed by atoms with E-state index in [-0.39, 0.29) is 30.9 Å². The minimum absolute atomic E-state index is 0.0221. The zero-order chi connectivity index (χ0) is 17.5. The second kappa shape index (κ2) is 8.57. The number of rotatable bonds is 7. The number of anilines is 1. The van der Waals surface area contributed by atoms with Crippen molar-refractivity contribution in [1.29, 1.82) is 0 Å². The maximum Gasteiger partial charge on any atom is 0.238 e. The van der Waals surface area contributed by atoms with Crippen molar-refractivity contribution in [2.24, 2.45) is 0 Å². The molecule has 0 aliphatic carbocycles. The van der Waals surface area contributed by atoms with Crippen molar-refractivity contribution in [2.45, 2.75) is 33.0 Å². The van der Waals surface area contributed by atoms with Gasteiger partial charge in [0.05, 0.1) is 13.2 Å². The van der Waals surface area contributed by atoms with E-state index in [0.29, 0.717) is 12.2 Å². The summed E-state index contributed by atoms with van der Waals surface area (Å²) >= 11 is 0. The van der Waals surface area contributed by atoms with Gasteiger partial charge in [0.1, 0.15) is 5.82 Å². The summed E-state index contributed by atoms with van der Waals surface area (Å²) in [6.07, 6.45) is 0. The molecule has 0 aliphatic heterocycles. The summed E-state index contributed by atoms with van der Waals surface area (Å²) in [6, 6.07) is 13.6. The predicted octanol–water partition coefficient (Wildman–Crippen LogP) is 3.17. The van der Waals surface area contributed by atoms with E-state index in [9.17, 15) is 9.18 Å². The summed E-state index contributed by atoms with van der Waals surface area (Å²) in [5.41, 5.74) is 2.52. The lowest BCUT2D eigenvalue weighted by atomic mass is 10.1. The Morgan fingerprint density at radius 3 is 2.21 bits per heavy atom. The molecule has 5 heteroatoms. The summed E-state index contributed by atoms with van der Waals surface area (Å²) in [6.45, 7) is 4.98. The molecular weight excluding hydrogens is 307 g/mol. The quantitative estimate of drug-likeness (QED) is 0.820. The summed E-state index contributed by atoms with van der Waals surface area (Å²) < 4.78 is 12.9. The minimum Gasteiger partial charge on any atom is -0.392 e. The van der Waals surface area contributed by atoms with E-state index < -0.39 is 0 Å². The second-order valence-corrected chi connectivity index (χ2v) is 6.03. The molecule has 2 aromatic carbocycles. The number of benzene rings is 2. The molecule has 1 amide bonds. The SMILES string of the molecule is CC(C)N(CC(=O)Nc1ccc(F)cc1)Cc1ccc(CO)cc1. The van der Waals surface area contributed by atoms with Crippen LogP contribution in [-0.2, 0) is 17.9 Å². The third-order valence-electron chi connectivity index (χ3n) is 3.80. The topological polar surface area (TPSA) is 52.6 Å². The van der Waals surface area contributed by atoms with Gasteiger partial charge in [-0.25, -0.2) is 4.39 Å². The molecule has 0 radical (unpaired) electrons. The van der Waals surface area contributed by atoms with E-state index in [0.717, 1.165) is 11.1 Å². The Morgan fingerprint density at radius 1 is 1.08 bits per heavy atom. The zero-order valence-corrected chi connectivity index (χ0v) is 14.0. The van der Waals surface area contributed by atoms with Crippen molar-refractivity contribution in [3.63, 3.8) is 0 Å². The minimum atomic E-state index is -0.330. The molecule has 24 heavy (non-hydrogen) atoms. The first-order valence-corrected chi connectivity index (χ1v) is 7.96. The first kappa shape index (κ1) is 18.1. The Hall–Kier alpha value is -2.24. The molecular formula is C19H23FN2O2. The number of hydrogen-bond acceptors (Lipinski definition) is 3. The molecule has 0 spiro atoms. The van der Waals surface area contributed by atoms with Crippen LogP contribution in [0.4, 0.5) is 10.1 Å². The van der Waals surface area contributed by atoms with Crippen molar-refractivity contribution < 1.29 is 14.3 Å². The van der Waals surface area contributed by atoms with Crippen LogP contribution in [0, 0.1) is 5.82 Å². The number of amides is 1. The molecule has 2 aromatic rings. The van der Waals surface area contributed by atoms with Crippen LogP contribution in [0.3, 0.4) is 0 Å². The van der Waals surface area contributed by atoms with Crippen LogP contribution in [0.5, 0.6) is 0 Å². The molecule has 0 unspecified atom stereocenters. The number of halogens is 1. The Kier molecular flexibility index (Phi) is 6.46. The molecule has 0 saturated carbocycles. The van der Waals surface area contributed by atoms with Gasteiger partial charge in [-0.15, -0.1) is 0 Å². The highest BCUT2D eigenvalue weighted by atomic mass is 19.1. The van der Waals surface area contributed by atoms with Crippen molar-refractivity contribution in [3.05, 3.63) is 65.5 Å². The van der Waals surface area contributed by atoms with Gasteiger partial charge in [-0.1, -0.05) is 24.3 Å². The molecule has 0 heterocycles. The fourth-order valence-corrected chi connectivity index (χ4v) is 2.32. The van der Waals surface area contributed by atoms with Crippen LogP contribution >= 0.6 is 0 Å². The van der Waals surface area contributed by atoms with Crippen LogP contribution in [0.2, 0.25) is 0 Å². The zero-order valence-electron chi connectivity index (χ0n) is 14.0. The number of hydrogen-bond donors (Lipinski definition) is 2. The Labute approximate surface area is 141 Å². The van der Waals surface area contributed by atoms with Crippen LogP contribution in [0.25, 0.3) is 0 Å². The van der Waals surface area contributed by atoms with Gasteiger partial charge in [-0.3, -0.25) is 9.69 Å².